The van der Waals surface area contributed by atoms with Gasteiger partial charge in [-0.25, -0.2) is 5.01 Å². The normalized spacial score (nSPS) is 25.5. The van der Waals surface area contributed by atoms with Crippen molar-refractivity contribution >= 4 is 0 Å². The molecule has 0 atom stereocenters. The van der Waals surface area contributed by atoms with Crippen molar-refractivity contribution < 1.29 is 0 Å². The minimum Gasteiger partial charge on any atom is -0.268 e. The number of hydrazine groups is 1. The third-order valence-corrected chi connectivity index (χ3v) is 2.40. The molecular formula is C9H14N2. The highest BCUT2D eigenvalue weighted by Gasteiger charge is 2.16. The van der Waals surface area contributed by atoms with Crippen LogP contribution in [-0.4, -0.2) is 18.1 Å². The molecular weight excluding hydrogens is 136 g/mol. The van der Waals surface area contributed by atoms with Crippen molar-refractivity contribution in [2.45, 2.75) is 19.3 Å². The van der Waals surface area contributed by atoms with E-state index in [1.165, 1.54) is 24.0 Å². The Balaban J connectivity index is 2.16. The third-order valence-electron chi connectivity index (χ3n) is 2.40. The summed E-state index contributed by atoms with van der Waals surface area (Å²) in [6, 6.07) is 0. The molecule has 0 aromatic rings. The van der Waals surface area contributed by atoms with E-state index in [0.717, 1.165) is 19.5 Å². The van der Waals surface area contributed by atoms with Crippen molar-refractivity contribution in [2.75, 3.05) is 13.1 Å². The van der Waals surface area contributed by atoms with E-state index in [1.54, 1.807) is 0 Å². The minimum absolute atomic E-state index is 0.950. The van der Waals surface area contributed by atoms with Crippen LogP contribution in [0.3, 0.4) is 0 Å². The Hall–Kier alpha value is -0.600. The van der Waals surface area contributed by atoms with Gasteiger partial charge in [-0.1, -0.05) is 12.2 Å². The molecule has 2 N–H and O–H groups in total. The number of nitrogens with zero attached hydrogens (tertiary/aromatic N) is 1. The number of piperidine rings is 1. The van der Waals surface area contributed by atoms with Crippen molar-refractivity contribution in [2.24, 2.45) is 5.84 Å². The summed E-state index contributed by atoms with van der Waals surface area (Å²) in [6.07, 6.45) is 8.26. The fourth-order valence-corrected chi connectivity index (χ4v) is 1.77. The van der Waals surface area contributed by atoms with Crippen molar-refractivity contribution in [3.63, 3.8) is 0 Å². The van der Waals surface area contributed by atoms with Crippen LogP contribution in [-0.2, 0) is 0 Å². The van der Waals surface area contributed by atoms with Crippen LogP contribution >= 0.6 is 0 Å². The quantitative estimate of drug-likeness (QED) is 0.526. The van der Waals surface area contributed by atoms with Gasteiger partial charge in [0.25, 0.3) is 0 Å². The maximum Gasteiger partial charge on any atom is 0.0378 e. The van der Waals surface area contributed by atoms with Crippen molar-refractivity contribution in [3.8, 4) is 0 Å². The van der Waals surface area contributed by atoms with Gasteiger partial charge in [-0.2, -0.15) is 0 Å². The van der Waals surface area contributed by atoms with Gasteiger partial charge in [0.1, 0.15) is 0 Å². The Morgan fingerprint density at radius 2 is 1.91 bits per heavy atom. The molecule has 11 heavy (non-hydrogen) atoms. The predicted molar refractivity (Wildman–Crippen MR) is 45.8 cm³/mol. The van der Waals surface area contributed by atoms with Crippen LogP contribution in [0.5, 0.6) is 0 Å². The average molecular weight is 150 g/mol. The molecule has 2 heteroatoms. The Labute approximate surface area is 67.3 Å². The molecule has 0 amide bonds. The molecule has 0 aromatic heterocycles. The third kappa shape index (κ3) is 1.37. The second-order valence-corrected chi connectivity index (χ2v) is 3.26. The Morgan fingerprint density at radius 3 is 2.73 bits per heavy atom. The van der Waals surface area contributed by atoms with Gasteiger partial charge in [0, 0.05) is 13.1 Å². The van der Waals surface area contributed by atoms with E-state index in [4.69, 9.17) is 5.84 Å². The topological polar surface area (TPSA) is 29.3 Å². The van der Waals surface area contributed by atoms with Gasteiger partial charge in [0.15, 0.2) is 0 Å². The molecule has 0 unspecified atom stereocenters. The average Bonchev–Trinajstić information content (AvgIpc) is 2.04. The number of rotatable bonds is 0. The standard InChI is InChI=1S/C9H14N2/c10-11-6-5-8-3-1-2-4-9(8)7-11/h3-4H,1-2,5-7,10H2. The monoisotopic (exact) mass is 150 g/mol. The number of fused-ring (bicyclic) bond motifs is 1. The highest BCUT2D eigenvalue weighted by atomic mass is 15.4. The summed E-state index contributed by atoms with van der Waals surface area (Å²) in [7, 11) is 0. The first-order valence-electron chi connectivity index (χ1n) is 4.24. The Bertz CT molecular complexity index is 216. The van der Waals surface area contributed by atoms with Crippen LogP contribution in [0.2, 0.25) is 0 Å². The van der Waals surface area contributed by atoms with Gasteiger partial charge in [0.05, 0.1) is 0 Å². The number of allylic oxidation sites excluding steroid dienone is 2. The van der Waals surface area contributed by atoms with Crippen LogP contribution in [0.4, 0.5) is 0 Å². The summed E-state index contributed by atoms with van der Waals surface area (Å²) in [5.41, 5.74) is 3.00. The molecule has 2 nitrogen and oxygen atoms in total. The summed E-state index contributed by atoms with van der Waals surface area (Å²) in [5.74, 6) is 5.71. The lowest BCUT2D eigenvalue weighted by Gasteiger charge is -2.28. The summed E-state index contributed by atoms with van der Waals surface area (Å²) in [5, 5.41) is 1.90. The van der Waals surface area contributed by atoms with E-state index in [1.807, 2.05) is 5.01 Å². The number of nitrogens with two attached hydrogens (primary N) is 1. The van der Waals surface area contributed by atoms with Crippen LogP contribution < -0.4 is 5.84 Å². The molecule has 2 aliphatic rings. The van der Waals surface area contributed by atoms with Crippen LogP contribution in [0.1, 0.15) is 19.3 Å². The van der Waals surface area contributed by atoms with Crippen LogP contribution in [0, 0.1) is 0 Å². The number of hydrogen-bond donors (Lipinski definition) is 1. The molecule has 0 radical (unpaired) electrons. The second kappa shape index (κ2) is 2.80. The van der Waals surface area contributed by atoms with Crippen molar-refractivity contribution in [3.05, 3.63) is 23.3 Å². The van der Waals surface area contributed by atoms with Crippen molar-refractivity contribution in [1.29, 1.82) is 0 Å². The second-order valence-electron chi connectivity index (χ2n) is 3.26. The van der Waals surface area contributed by atoms with Gasteiger partial charge < -0.3 is 0 Å². The lowest BCUT2D eigenvalue weighted by atomic mass is 9.92. The van der Waals surface area contributed by atoms with E-state index < -0.39 is 0 Å². The van der Waals surface area contributed by atoms with E-state index in [-0.39, 0.29) is 0 Å². The molecule has 1 aliphatic heterocycles. The van der Waals surface area contributed by atoms with E-state index in [2.05, 4.69) is 12.2 Å². The van der Waals surface area contributed by atoms with Gasteiger partial charge in [-0.3, -0.25) is 5.84 Å². The number of hydrogen-bond acceptors (Lipinski definition) is 2. The van der Waals surface area contributed by atoms with E-state index in [9.17, 15) is 0 Å². The highest BCUT2D eigenvalue weighted by Crippen LogP contribution is 2.25. The van der Waals surface area contributed by atoms with Gasteiger partial charge in [-0.15, -0.1) is 0 Å². The van der Waals surface area contributed by atoms with Gasteiger partial charge >= 0.3 is 0 Å². The zero-order valence-corrected chi connectivity index (χ0v) is 6.71. The summed E-state index contributed by atoms with van der Waals surface area (Å²) >= 11 is 0. The summed E-state index contributed by atoms with van der Waals surface area (Å²) in [4.78, 5) is 0. The molecule has 1 saturated heterocycles. The highest BCUT2D eigenvalue weighted by molar-refractivity contribution is 5.36. The summed E-state index contributed by atoms with van der Waals surface area (Å²) in [6.45, 7) is 1.97. The molecule has 1 fully saturated rings. The zero-order chi connectivity index (χ0) is 7.68. The largest absolute Gasteiger partial charge is 0.268 e. The molecule has 1 aliphatic carbocycles. The zero-order valence-electron chi connectivity index (χ0n) is 6.71. The lowest BCUT2D eigenvalue weighted by Crippen LogP contribution is -2.38. The van der Waals surface area contributed by atoms with Crippen LogP contribution in [0.15, 0.2) is 23.3 Å². The van der Waals surface area contributed by atoms with Crippen LogP contribution in [0.25, 0.3) is 0 Å². The van der Waals surface area contributed by atoms with Gasteiger partial charge in [0.2, 0.25) is 0 Å². The SMILES string of the molecule is NN1CCC2=CCCC=C2C1. The molecule has 1 heterocycles. The first-order valence-corrected chi connectivity index (χ1v) is 4.24. The molecule has 0 saturated carbocycles. The predicted octanol–water partition coefficient (Wildman–Crippen LogP) is 1.21. The smallest absolute Gasteiger partial charge is 0.0378 e. The fourth-order valence-electron chi connectivity index (χ4n) is 1.77. The maximum atomic E-state index is 5.71. The lowest BCUT2D eigenvalue weighted by molar-refractivity contribution is 0.294. The maximum absolute atomic E-state index is 5.71. The van der Waals surface area contributed by atoms with Crippen molar-refractivity contribution in [1.82, 2.24) is 5.01 Å². The minimum atomic E-state index is 0.950. The molecule has 2 rings (SSSR count). The Morgan fingerprint density at radius 1 is 1.18 bits per heavy atom. The van der Waals surface area contributed by atoms with E-state index in [0.29, 0.717) is 0 Å². The molecule has 0 bridgehead atoms. The Kier molecular flexibility index (Phi) is 1.80. The molecule has 0 spiro atoms. The first-order chi connectivity index (χ1) is 5.36. The molecule has 60 valence electrons. The van der Waals surface area contributed by atoms with E-state index >= 15 is 0 Å². The fraction of sp³-hybridized carbons (Fsp3) is 0.556. The first kappa shape index (κ1) is 7.07. The van der Waals surface area contributed by atoms with Gasteiger partial charge in [-0.05, 0) is 30.4 Å². The summed E-state index contributed by atoms with van der Waals surface area (Å²) < 4.78 is 0. The molecule has 0 aromatic carbocycles.